The quantitative estimate of drug-likeness (QED) is 0.860. The van der Waals surface area contributed by atoms with Gasteiger partial charge in [-0.2, -0.15) is 0 Å². The average Bonchev–Trinajstić information content (AvgIpc) is 3.02. The first-order valence-electron chi connectivity index (χ1n) is 6.65. The topological polar surface area (TPSA) is 46.8 Å². The molecule has 4 heteroatoms. The average molecular weight is 258 g/mol. The number of ether oxygens (including phenoxy) is 1. The van der Waals surface area contributed by atoms with E-state index in [4.69, 9.17) is 4.74 Å². The van der Waals surface area contributed by atoms with Crippen LogP contribution in [0.3, 0.4) is 0 Å². The lowest BCUT2D eigenvalue weighted by Gasteiger charge is -2.03. The molecule has 100 valence electrons. The number of nitrogens with zero attached hydrogens (tertiary/aromatic N) is 2. The summed E-state index contributed by atoms with van der Waals surface area (Å²) in [4.78, 5) is 4.42. The standard InChI is InChI=1S/C15H18N2O2/c1-17-14-7-3-2-6-12(14)13(15(17)18)10-16-9-11-5-4-8-19-11/h2-3,6-7,10-11,18H,4-5,8-9H2,1H3. The summed E-state index contributed by atoms with van der Waals surface area (Å²) in [5.74, 6) is 0.261. The van der Waals surface area contributed by atoms with Crippen LogP contribution in [-0.2, 0) is 11.8 Å². The van der Waals surface area contributed by atoms with Gasteiger partial charge in [-0.1, -0.05) is 18.2 Å². The Kier molecular flexibility index (Phi) is 3.25. The normalized spacial score (nSPS) is 19.7. The monoisotopic (exact) mass is 258 g/mol. The van der Waals surface area contributed by atoms with Gasteiger partial charge in [-0.05, 0) is 18.9 Å². The second-order valence-electron chi connectivity index (χ2n) is 4.94. The molecule has 19 heavy (non-hydrogen) atoms. The van der Waals surface area contributed by atoms with Gasteiger partial charge in [0.2, 0.25) is 5.88 Å². The number of hydrogen-bond acceptors (Lipinski definition) is 3. The number of aromatic hydroxyl groups is 1. The molecule has 1 aliphatic rings. The van der Waals surface area contributed by atoms with E-state index in [1.807, 2.05) is 31.3 Å². The van der Waals surface area contributed by atoms with Crippen LogP contribution in [-0.4, -0.2) is 35.1 Å². The lowest BCUT2D eigenvalue weighted by atomic mass is 10.2. The third-order valence-corrected chi connectivity index (χ3v) is 3.67. The van der Waals surface area contributed by atoms with Crippen LogP contribution < -0.4 is 0 Å². The molecule has 0 spiro atoms. The Labute approximate surface area is 112 Å². The van der Waals surface area contributed by atoms with E-state index in [0.29, 0.717) is 6.54 Å². The summed E-state index contributed by atoms with van der Waals surface area (Å²) in [6.45, 7) is 1.52. The number of hydrogen-bond donors (Lipinski definition) is 1. The van der Waals surface area contributed by atoms with E-state index < -0.39 is 0 Å². The minimum Gasteiger partial charge on any atom is -0.494 e. The molecule has 0 amide bonds. The van der Waals surface area contributed by atoms with Crippen LogP contribution in [0.4, 0.5) is 0 Å². The molecular weight excluding hydrogens is 240 g/mol. The van der Waals surface area contributed by atoms with Gasteiger partial charge in [0.15, 0.2) is 0 Å². The van der Waals surface area contributed by atoms with Crippen molar-refractivity contribution in [1.29, 1.82) is 0 Å². The predicted molar refractivity (Wildman–Crippen MR) is 76.0 cm³/mol. The van der Waals surface area contributed by atoms with E-state index in [1.165, 1.54) is 0 Å². The summed E-state index contributed by atoms with van der Waals surface area (Å²) in [6, 6.07) is 7.93. The molecule has 1 saturated heterocycles. The fraction of sp³-hybridized carbons (Fsp3) is 0.400. The molecule has 1 N–H and O–H groups in total. The maximum atomic E-state index is 10.2. The predicted octanol–water partition coefficient (Wildman–Crippen LogP) is 2.48. The number of fused-ring (bicyclic) bond motifs is 1. The van der Waals surface area contributed by atoms with E-state index in [1.54, 1.807) is 10.8 Å². The van der Waals surface area contributed by atoms with E-state index in [2.05, 4.69) is 4.99 Å². The second-order valence-corrected chi connectivity index (χ2v) is 4.94. The molecule has 4 nitrogen and oxygen atoms in total. The molecule has 3 rings (SSSR count). The van der Waals surface area contributed by atoms with Gasteiger partial charge in [0.1, 0.15) is 0 Å². The molecular formula is C15H18N2O2. The number of aryl methyl sites for hydroxylation is 1. The van der Waals surface area contributed by atoms with Crippen LogP contribution in [0.5, 0.6) is 5.88 Å². The summed E-state index contributed by atoms with van der Waals surface area (Å²) in [5.41, 5.74) is 1.80. The molecule has 2 aromatic rings. The van der Waals surface area contributed by atoms with Crippen molar-refractivity contribution in [1.82, 2.24) is 4.57 Å². The Morgan fingerprint density at radius 1 is 1.47 bits per heavy atom. The minimum atomic E-state index is 0.244. The van der Waals surface area contributed by atoms with Crippen LogP contribution in [0, 0.1) is 0 Å². The molecule has 1 aromatic heterocycles. The first kappa shape index (κ1) is 12.2. The molecule has 1 unspecified atom stereocenters. The van der Waals surface area contributed by atoms with Crippen molar-refractivity contribution in [3.8, 4) is 5.88 Å². The smallest absolute Gasteiger partial charge is 0.200 e. The first-order chi connectivity index (χ1) is 9.27. The van der Waals surface area contributed by atoms with Gasteiger partial charge in [-0.3, -0.25) is 4.99 Å². The van der Waals surface area contributed by atoms with Crippen molar-refractivity contribution in [2.75, 3.05) is 13.2 Å². The van der Waals surface area contributed by atoms with Gasteiger partial charge in [0.05, 0.1) is 23.7 Å². The van der Waals surface area contributed by atoms with E-state index in [9.17, 15) is 5.11 Å². The van der Waals surface area contributed by atoms with E-state index >= 15 is 0 Å². The Morgan fingerprint density at radius 2 is 2.32 bits per heavy atom. The maximum absolute atomic E-state index is 10.2. The third-order valence-electron chi connectivity index (χ3n) is 3.67. The van der Waals surface area contributed by atoms with Crippen LogP contribution in [0.15, 0.2) is 29.3 Å². The van der Waals surface area contributed by atoms with Crippen LogP contribution in [0.25, 0.3) is 10.9 Å². The number of para-hydroxylation sites is 1. The van der Waals surface area contributed by atoms with Crippen molar-refractivity contribution in [2.24, 2.45) is 12.0 Å². The SMILES string of the molecule is Cn1c(O)c(C=NCC2CCCO2)c2ccccc21. The Balaban J connectivity index is 1.87. The number of aliphatic imine (C=N–C) groups is 1. The molecule has 0 saturated carbocycles. The summed E-state index contributed by atoms with van der Waals surface area (Å²) in [7, 11) is 1.86. The second kappa shape index (κ2) is 5.05. The lowest BCUT2D eigenvalue weighted by molar-refractivity contribution is 0.118. The number of benzene rings is 1. The van der Waals surface area contributed by atoms with Crippen molar-refractivity contribution in [2.45, 2.75) is 18.9 Å². The van der Waals surface area contributed by atoms with Crippen molar-refractivity contribution in [3.63, 3.8) is 0 Å². The summed E-state index contributed by atoms with van der Waals surface area (Å²) >= 11 is 0. The highest BCUT2D eigenvalue weighted by Crippen LogP contribution is 2.28. The Morgan fingerprint density at radius 3 is 3.11 bits per heavy atom. The van der Waals surface area contributed by atoms with Crippen LogP contribution in [0.1, 0.15) is 18.4 Å². The fourth-order valence-electron chi connectivity index (χ4n) is 2.59. The van der Waals surface area contributed by atoms with Crippen LogP contribution in [0.2, 0.25) is 0 Å². The Hall–Kier alpha value is -1.81. The lowest BCUT2D eigenvalue weighted by Crippen LogP contribution is -2.08. The molecule has 1 fully saturated rings. The summed E-state index contributed by atoms with van der Waals surface area (Å²) in [5, 5.41) is 11.2. The van der Waals surface area contributed by atoms with Gasteiger partial charge in [0, 0.05) is 25.3 Å². The molecule has 0 bridgehead atoms. The van der Waals surface area contributed by atoms with Crippen molar-refractivity contribution in [3.05, 3.63) is 29.8 Å². The third kappa shape index (κ3) is 2.24. The van der Waals surface area contributed by atoms with Gasteiger partial charge < -0.3 is 14.4 Å². The molecule has 1 aliphatic heterocycles. The van der Waals surface area contributed by atoms with Gasteiger partial charge in [-0.15, -0.1) is 0 Å². The van der Waals surface area contributed by atoms with Gasteiger partial charge >= 0.3 is 0 Å². The molecule has 0 aliphatic carbocycles. The largest absolute Gasteiger partial charge is 0.494 e. The zero-order valence-corrected chi connectivity index (χ0v) is 11.0. The number of rotatable bonds is 3. The van der Waals surface area contributed by atoms with Crippen molar-refractivity contribution < 1.29 is 9.84 Å². The summed E-state index contributed by atoms with van der Waals surface area (Å²) in [6.07, 6.45) is 4.21. The molecule has 0 radical (unpaired) electrons. The summed E-state index contributed by atoms with van der Waals surface area (Å²) < 4.78 is 7.31. The fourth-order valence-corrected chi connectivity index (χ4v) is 2.59. The van der Waals surface area contributed by atoms with Crippen LogP contribution >= 0.6 is 0 Å². The van der Waals surface area contributed by atoms with Gasteiger partial charge in [-0.25, -0.2) is 0 Å². The van der Waals surface area contributed by atoms with Crippen molar-refractivity contribution >= 4 is 17.1 Å². The minimum absolute atomic E-state index is 0.244. The highest BCUT2D eigenvalue weighted by Gasteiger charge is 2.15. The highest BCUT2D eigenvalue weighted by atomic mass is 16.5. The molecule has 2 heterocycles. The Bertz CT molecular complexity index is 610. The van der Waals surface area contributed by atoms with Gasteiger partial charge in [0.25, 0.3) is 0 Å². The van der Waals surface area contributed by atoms with E-state index in [-0.39, 0.29) is 12.0 Å². The number of aromatic nitrogens is 1. The zero-order chi connectivity index (χ0) is 13.2. The first-order valence-corrected chi connectivity index (χ1v) is 6.65. The maximum Gasteiger partial charge on any atom is 0.200 e. The zero-order valence-electron chi connectivity index (χ0n) is 11.0. The highest BCUT2D eigenvalue weighted by molar-refractivity contribution is 6.02. The molecule has 1 atom stereocenters. The molecule has 1 aromatic carbocycles. The van der Waals surface area contributed by atoms with E-state index in [0.717, 1.165) is 35.9 Å².